The molecule has 0 spiro atoms. The van der Waals surface area contributed by atoms with Crippen LogP contribution in [-0.4, -0.2) is 80.5 Å². The first-order valence-electron chi connectivity index (χ1n) is 17.9. The molecule has 7 aromatic rings. The number of phenolic OH excluding ortho intramolecular Hbond substituents is 2. The van der Waals surface area contributed by atoms with Crippen LogP contribution in [0.15, 0.2) is 125 Å². The summed E-state index contributed by atoms with van der Waals surface area (Å²) >= 11 is 0. The highest BCUT2D eigenvalue weighted by Crippen LogP contribution is 2.44. The van der Waals surface area contributed by atoms with Crippen molar-refractivity contribution in [1.29, 1.82) is 0 Å². The summed E-state index contributed by atoms with van der Waals surface area (Å²) in [5, 5.41) is 79.4. The Labute approximate surface area is 365 Å². The fraction of sp³-hybridized carbons (Fsp3) is 0. The molecule has 0 saturated heterocycles. The Hall–Kier alpha value is -8.98. The van der Waals surface area contributed by atoms with Gasteiger partial charge < -0.3 is 41.3 Å². The third-order valence-electron chi connectivity index (χ3n) is 9.57. The Morgan fingerprint density at radius 2 is 0.833 bits per heavy atom. The van der Waals surface area contributed by atoms with Gasteiger partial charge in [-0.25, -0.2) is 19.2 Å². The first kappa shape index (κ1) is 45.1. The second-order valence-corrected chi connectivity index (χ2v) is 16.5. The number of benzene rings is 6. The first-order chi connectivity index (χ1) is 30.9. The van der Waals surface area contributed by atoms with Gasteiger partial charge in [0.15, 0.2) is 11.5 Å². The van der Waals surface area contributed by atoms with Gasteiger partial charge in [0.1, 0.15) is 43.9 Å². The lowest BCUT2D eigenvalue weighted by molar-refractivity contribution is 0.0682. The highest BCUT2D eigenvalue weighted by molar-refractivity contribution is 7.86. The van der Waals surface area contributed by atoms with Crippen LogP contribution in [0.5, 0.6) is 11.5 Å². The van der Waals surface area contributed by atoms with E-state index in [0.717, 1.165) is 48.5 Å². The number of carbonyl (C=O) groups is 4. The molecule has 7 aromatic carbocycles. The van der Waals surface area contributed by atoms with Crippen molar-refractivity contribution in [2.24, 2.45) is 20.5 Å². The molecule has 26 heteroatoms. The molecule has 7 rings (SSSR count). The van der Waals surface area contributed by atoms with Crippen LogP contribution in [-0.2, 0) is 20.2 Å². The number of nitrogens with zero attached hydrogens (tertiary/aromatic N) is 4. The second kappa shape index (κ2) is 16.6. The van der Waals surface area contributed by atoms with Crippen molar-refractivity contribution in [3.8, 4) is 11.5 Å². The molecule has 0 aromatic heterocycles. The van der Waals surface area contributed by atoms with Crippen molar-refractivity contribution in [3.63, 3.8) is 0 Å². The van der Waals surface area contributed by atoms with Crippen LogP contribution >= 0.6 is 0 Å². The molecule has 0 unspecified atom stereocenters. The Balaban J connectivity index is 1.22. The molecule has 10 N–H and O–H groups in total. The highest BCUT2D eigenvalue weighted by atomic mass is 32.2. The number of phenols is 2. The zero-order chi connectivity index (χ0) is 48.2. The van der Waals surface area contributed by atoms with Crippen LogP contribution in [0.4, 0.5) is 45.5 Å². The zero-order valence-electron chi connectivity index (χ0n) is 32.3. The third kappa shape index (κ3) is 8.55. The van der Waals surface area contributed by atoms with Gasteiger partial charge >= 0.3 is 23.9 Å². The minimum absolute atomic E-state index is 0.0115. The van der Waals surface area contributed by atoms with Gasteiger partial charge in [0.25, 0.3) is 31.1 Å². The van der Waals surface area contributed by atoms with Gasteiger partial charge in [-0.15, -0.1) is 20.5 Å². The Morgan fingerprint density at radius 3 is 1.15 bits per heavy atom. The molecule has 0 atom stereocenters. The van der Waals surface area contributed by atoms with Crippen molar-refractivity contribution in [1.82, 2.24) is 0 Å². The number of aromatic carboxylic acids is 4. The SMILES string of the molecule is O=C(O)c1ccc(C(=O)O)c(N=Nc2c(S(=O)(=O)O)cc3cc(Nc4c(Nc5ccc6c(O)c(N=Nc7cc(C(=O)O)ccc7C(=O)O)c(S(=O)(=O)O)cc6c5)c(=O)c4=O)ccc3c2O)c1. The predicted molar refractivity (Wildman–Crippen MR) is 228 cm³/mol. The molecule has 0 heterocycles. The quantitative estimate of drug-likeness (QED) is 0.0311. The number of nitrogens with one attached hydrogen (secondary N) is 2. The Bertz CT molecular complexity index is 3450. The normalized spacial score (nSPS) is 12.0. The van der Waals surface area contributed by atoms with E-state index in [1.54, 1.807) is 0 Å². The smallest absolute Gasteiger partial charge is 0.337 e. The fourth-order valence-corrected chi connectivity index (χ4v) is 7.74. The number of hydrogen-bond donors (Lipinski definition) is 10. The van der Waals surface area contributed by atoms with Gasteiger partial charge in [-0.2, -0.15) is 16.8 Å². The maximum absolute atomic E-state index is 12.8. The molecule has 0 saturated carbocycles. The van der Waals surface area contributed by atoms with E-state index in [2.05, 4.69) is 31.1 Å². The molecular formula is C40H24N6O18S2. The van der Waals surface area contributed by atoms with Crippen LogP contribution in [0.25, 0.3) is 21.5 Å². The monoisotopic (exact) mass is 940 g/mol. The van der Waals surface area contributed by atoms with Crippen LogP contribution in [0, 0.1) is 0 Å². The van der Waals surface area contributed by atoms with Crippen molar-refractivity contribution < 1.29 is 75.8 Å². The largest absolute Gasteiger partial charge is 0.505 e. The summed E-state index contributed by atoms with van der Waals surface area (Å²) in [6.45, 7) is 0. The van der Waals surface area contributed by atoms with Crippen LogP contribution in [0.2, 0.25) is 0 Å². The highest BCUT2D eigenvalue weighted by Gasteiger charge is 2.27. The van der Waals surface area contributed by atoms with Crippen LogP contribution < -0.4 is 21.5 Å². The minimum Gasteiger partial charge on any atom is -0.505 e. The summed E-state index contributed by atoms with van der Waals surface area (Å²) in [6, 6.07) is 14.5. The van der Waals surface area contributed by atoms with Gasteiger partial charge in [0, 0.05) is 22.1 Å². The lowest BCUT2D eigenvalue weighted by Gasteiger charge is -2.17. The molecule has 24 nitrogen and oxygen atoms in total. The van der Waals surface area contributed by atoms with Gasteiger partial charge in [0.2, 0.25) is 0 Å². The molecule has 0 aliphatic rings. The van der Waals surface area contributed by atoms with Gasteiger partial charge in [-0.05, 0) is 95.7 Å². The topological polar surface area (TPSA) is 406 Å². The molecule has 0 aliphatic heterocycles. The molecule has 66 heavy (non-hydrogen) atoms. The number of azo groups is 2. The zero-order valence-corrected chi connectivity index (χ0v) is 34.0. The molecule has 0 radical (unpaired) electrons. The van der Waals surface area contributed by atoms with Crippen molar-refractivity contribution in [2.45, 2.75) is 9.79 Å². The van der Waals surface area contributed by atoms with Gasteiger partial charge in [-0.3, -0.25) is 18.7 Å². The van der Waals surface area contributed by atoms with Crippen molar-refractivity contribution in [3.05, 3.63) is 128 Å². The van der Waals surface area contributed by atoms with Gasteiger partial charge in [-0.1, -0.05) is 0 Å². The van der Waals surface area contributed by atoms with E-state index in [9.17, 15) is 85.3 Å². The summed E-state index contributed by atoms with van der Waals surface area (Å²) in [5.74, 6) is -7.78. The number of carboxylic acids is 4. The second-order valence-electron chi connectivity index (χ2n) is 13.7. The van der Waals surface area contributed by atoms with E-state index in [1.165, 1.54) is 36.4 Å². The third-order valence-corrected chi connectivity index (χ3v) is 11.3. The van der Waals surface area contributed by atoms with E-state index in [1.807, 2.05) is 0 Å². The summed E-state index contributed by atoms with van der Waals surface area (Å²) < 4.78 is 70.0. The van der Waals surface area contributed by atoms with E-state index in [4.69, 9.17) is 0 Å². The Kier molecular flexibility index (Phi) is 11.3. The maximum atomic E-state index is 12.8. The molecular weight excluding hydrogens is 917 g/mol. The number of rotatable bonds is 14. The van der Waals surface area contributed by atoms with E-state index >= 15 is 0 Å². The number of aromatic hydroxyl groups is 2. The molecule has 0 bridgehead atoms. The molecule has 0 fully saturated rings. The molecule has 0 amide bonds. The number of hydrogen-bond acceptors (Lipinski definition) is 18. The summed E-state index contributed by atoms with van der Waals surface area (Å²) in [5.41, 5.74) is -7.42. The van der Waals surface area contributed by atoms with Gasteiger partial charge in [0.05, 0.1) is 22.3 Å². The number of fused-ring (bicyclic) bond motifs is 2. The maximum Gasteiger partial charge on any atom is 0.337 e. The number of carboxylic acid groups (broad SMARTS) is 4. The van der Waals surface area contributed by atoms with Crippen LogP contribution in [0.1, 0.15) is 41.4 Å². The molecule has 334 valence electrons. The summed E-state index contributed by atoms with van der Waals surface area (Å²) in [6.07, 6.45) is 0. The van der Waals surface area contributed by atoms with Crippen LogP contribution in [0.3, 0.4) is 0 Å². The first-order valence-corrected chi connectivity index (χ1v) is 20.8. The van der Waals surface area contributed by atoms with E-state index in [-0.39, 0.29) is 44.3 Å². The fourth-order valence-electron chi connectivity index (χ4n) is 6.43. The lowest BCUT2D eigenvalue weighted by atomic mass is 10.1. The summed E-state index contributed by atoms with van der Waals surface area (Å²) in [7, 11) is -10.4. The standard InChI is InChI=1S/C40H24N6O18S2/c47-33-21-7-3-19(9-17(21)13-27(65(59,60)61)29(33)45-43-25-11-15(37(51)52)1-5-23(25)39(55)56)41-31-32(36(50)35(31)49)42-20-4-8-22-18(10-20)14-28(66(62,63)64)30(34(22)48)46-44-26-12-16(38(53)54)2-6-24(26)40(57)58/h1-14,41-42,47-48H,(H,51,52)(H,53,54)(H,55,56)(H,57,58)(H,59,60,61)(H,62,63,64). The average molecular weight is 941 g/mol. The van der Waals surface area contributed by atoms with E-state index < -0.39 is 121 Å². The predicted octanol–water partition coefficient (Wildman–Crippen LogP) is 6.60. The van der Waals surface area contributed by atoms with E-state index in [0.29, 0.717) is 0 Å². The Morgan fingerprint density at radius 1 is 0.470 bits per heavy atom. The summed E-state index contributed by atoms with van der Waals surface area (Å²) in [4.78, 5) is 69.9. The minimum atomic E-state index is -5.22. The van der Waals surface area contributed by atoms with Crippen molar-refractivity contribution in [2.75, 3.05) is 10.6 Å². The molecule has 0 aliphatic carbocycles. The van der Waals surface area contributed by atoms with Crippen molar-refractivity contribution >= 4 is 111 Å². The average Bonchev–Trinajstić information content (AvgIpc) is 3.25. The lowest BCUT2D eigenvalue weighted by Crippen LogP contribution is -2.35. The number of anilines is 4.